The van der Waals surface area contributed by atoms with Crippen LogP contribution in [0, 0.1) is 10.1 Å². The summed E-state index contributed by atoms with van der Waals surface area (Å²) in [6, 6.07) is 12.0. The molecule has 0 aliphatic heterocycles. The van der Waals surface area contributed by atoms with Gasteiger partial charge in [0.2, 0.25) is 0 Å². The summed E-state index contributed by atoms with van der Waals surface area (Å²) in [4.78, 5) is 34.0. The zero-order chi connectivity index (χ0) is 19.6. The Balaban J connectivity index is 2.08. The summed E-state index contributed by atoms with van der Waals surface area (Å²) in [5.41, 5.74) is 0.553. The van der Waals surface area contributed by atoms with Gasteiger partial charge in [-0.2, -0.15) is 0 Å². The summed E-state index contributed by atoms with van der Waals surface area (Å²) in [6.45, 7) is 1.53. The van der Waals surface area contributed by atoms with E-state index < -0.39 is 22.6 Å². The van der Waals surface area contributed by atoms with Crippen LogP contribution < -0.4 is 10.4 Å². The molecule has 138 valence electrons. The quantitative estimate of drug-likeness (QED) is 0.294. The molecule has 0 bridgehead atoms. The molecule has 0 saturated heterocycles. The number of methoxy groups -OCH3 is 1. The zero-order valence-corrected chi connectivity index (χ0v) is 14.5. The third-order valence-corrected chi connectivity index (χ3v) is 3.93. The Morgan fingerprint density at radius 3 is 2.67 bits per heavy atom. The highest BCUT2D eigenvalue weighted by Crippen LogP contribution is 2.31. The Bertz CT molecular complexity index is 1090. The molecule has 8 heteroatoms. The number of fused-ring (bicyclic) bond motifs is 1. The highest BCUT2D eigenvalue weighted by Gasteiger charge is 2.16. The van der Waals surface area contributed by atoms with Crippen molar-refractivity contribution < 1.29 is 23.6 Å². The first-order valence-electron chi connectivity index (χ1n) is 7.96. The summed E-state index contributed by atoms with van der Waals surface area (Å²) in [5.74, 6) is -0.221. The molecule has 1 atom stereocenters. The van der Waals surface area contributed by atoms with Crippen LogP contribution in [0.5, 0.6) is 5.75 Å². The second-order valence-electron chi connectivity index (χ2n) is 5.73. The van der Waals surface area contributed by atoms with Crippen molar-refractivity contribution in [2.45, 2.75) is 13.0 Å². The van der Waals surface area contributed by atoms with Gasteiger partial charge in [0, 0.05) is 35.2 Å². The van der Waals surface area contributed by atoms with E-state index in [9.17, 15) is 19.7 Å². The van der Waals surface area contributed by atoms with Crippen LogP contribution in [-0.4, -0.2) is 24.1 Å². The zero-order valence-electron chi connectivity index (χ0n) is 14.5. The van der Waals surface area contributed by atoms with Crippen LogP contribution in [0.15, 0.2) is 57.7 Å². The summed E-state index contributed by atoms with van der Waals surface area (Å²) < 4.78 is 15.3. The van der Waals surface area contributed by atoms with E-state index in [-0.39, 0.29) is 11.3 Å². The van der Waals surface area contributed by atoms with Gasteiger partial charge in [0.1, 0.15) is 11.3 Å². The third-order valence-electron chi connectivity index (χ3n) is 3.93. The minimum atomic E-state index is -0.834. The van der Waals surface area contributed by atoms with Crippen molar-refractivity contribution in [3.8, 4) is 16.9 Å². The van der Waals surface area contributed by atoms with Crippen LogP contribution in [0.1, 0.15) is 6.92 Å². The first kappa shape index (κ1) is 18.1. The first-order chi connectivity index (χ1) is 12.9. The van der Waals surface area contributed by atoms with E-state index in [0.717, 1.165) is 0 Å². The second-order valence-corrected chi connectivity index (χ2v) is 5.73. The molecule has 8 nitrogen and oxygen atoms in total. The van der Waals surface area contributed by atoms with E-state index in [1.807, 2.05) is 0 Å². The lowest BCUT2D eigenvalue weighted by Gasteiger charge is -2.13. The predicted octanol–water partition coefficient (Wildman–Crippen LogP) is 3.31. The molecule has 27 heavy (non-hydrogen) atoms. The van der Waals surface area contributed by atoms with Gasteiger partial charge in [0.25, 0.3) is 5.69 Å². The summed E-state index contributed by atoms with van der Waals surface area (Å²) in [6.07, 6.45) is -0.834. The molecule has 0 saturated carbocycles. The number of nitro benzene ring substituents is 1. The number of carbonyl (C=O) groups is 1. The van der Waals surface area contributed by atoms with E-state index in [1.54, 1.807) is 24.3 Å². The first-order valence-corrected chi connectivity index (χ1v) is 7.96. The van der Waals surface area contributed by atoms with Crippen molar-refractivity contribution in [3.63, 3.8) is 0 Å². The fourth-order valence-electron chi connectivity index (χ4n) is 2.66. The average Bonchev–Trinajstić information content (AvgIpc) is 2.66. The highest BCUT2D eigenvalue weighted by molar-refractivity contribution is 5.94. The molecule has 1 aromatic heterocycles. The van der Waals surface area contributed by atoms with Crippen molar-refractivity contribution in [3.05, 3.63) is 69.1 Å². The van der Waals surface area contributed by atoms with Gasteiger partial charge in [-0.3, -0.25) is 10.1 Å². The van der Waals surface area contributed by atoms with Crippen molar-refractivity contribution in [2.75, 3.05) is 7.11 Å². The number of ether oxygens (including phenoxy) is 2. The normalized spacial score (nSPS) is 11.8. The Morgan fingerprint density at radius 1 is 1.19 bits per heavy atom. The fourth-order valence-corrected chi connectivity index (χ4v) is 2.66. The van der Waals surface area contributed by atoms with Crippen molar-refractivity contribution in [1.82, 2.24) is 0 Å². The van der Waals surface area contributed by atoms with Crippen LogP contribution in [0.4, 0.5) is 5.69 Å². The second kappa shape index (κ2) is 7.28. The van der Waals surface area contributed by atoms with Gasteiger partial charge >= 0.3 is 11.6 Å². The standard InChI is InChI=1S/C19H15NO7/c1-11(19(22)25-2)26-14-6-7-15-16(10-18(21)27-17(15)9-14)12-4-3-5-13(8-12)20(23)24/h3-11H,1-2H3/t11-/m0/s1. The van der Waals surface area contributed by atoms with E-state index in [1.165, 1.54) is 38.3 Å². The third kappa shape index (κ3) is 3.79. The molecule has 3 rings (SSSR count). The molecule has 0 radical (unpaired) electrons. The van der Waals surface area contributed by atoms with Gasteiger partial charge in [-0.25, -0.2) is 9.59 Å². The number of carbonyl (C=O) groups excluding carboxylic acids is 1. The minimum Gasteiger partial charge on any atom is -0.479 e. The largest absolute Gasteiger partial charge is 0.479 e. The molecule has 2 aromatic carbocycles. The smallest absolute Gasteiger partial charge is 0.346 e. The molecule has 0 aliphatic carbocycles. The summed E-state index contributed by atoms with van der Waals surface area (Å²) in [5, 5.41) is 11.6. The monoisotopic (exact) mass is 369 g/mol. The van der Waals surface area contributed by atoms with E-state index in [4.69, 9.17) is 9.15 Å². The van der Waals surface area contributed by atoms with Gasteiger partial charge in [-0.1, -0.05) is 12.1 Å². The maximum absolute atomic E-state index is 12.0. The molecule has 0 unspecified atom stereocenters. The number of hydrogen-bond donors (Lipinski definition) is 0. The number of rotatable bonds is 5. The van der Waals surface area contributed by atoms with Gasteiger partial charge < -0.3 is 13.9 Å². The van der Waals surface area contributed by atoms with Crippen molar-refractivity contribution >= 4 is 22.6 Å². The SMILES string of the molecule is COC(=O)[C@H](C)Oc1ccc2c(-c3cccc([N+](=O)[O-])c3)cc(=O)oc2c1. The Labute approximate surface area is 153 Å². The number of esters is 1. The van der Waals surface area contributed by atoms with E-state index >= 15 is 0 Å². The molecule has 1 heterocycles. The number of non-ortho nitro benzene ring substituents is 1. The van der Waals surface area contributed by atoms with Crippen molar-refractivity contribution in [2.24, 2.45) is 0 Å². The van der Waals surface area contributed by atoms with Gasteiger partial charge in [-0.15, -0.1) is 0 Å². The summed E-state index contributed by atoms with van der Waals surface area (Å²) >= 11 is 0. The highest BCUT2D eigenvalue weighted by atomic mass is 16.6. The predicted molar refractivity (Wildman–Crippen MR) is 96.7 cm³/mol. The molecular formula is C19H15NO7. The molecule has 3 aromatic rings. The van der Waals surface area contributed by atoms with Crippen LogP contribution in [0.2, 0.25) is 0 Å². The average molecular weight is 369 g/mol. The fraction of sp³-hybridized carbons (Fsp3) is 0.158. The number of benzene rings is 2. The maximum Gasteiger partial charge on any atom is 0.346 e. The number of nitro groups is 1. The molecular weight excluding hydrogens is 354 g/mol. The van der Waals surface area contributed by atoms with Crippen LogP contribution in [0.25, 0.3) is 22.1 Å². The lowest BCUT2D eigenvalue weighted by Crippen LogP contribution is -2.24. The molecule has 0 spiro atoms. The Kier molecular flexibility index (Phi) is 4.89. The molecule has 0 N–H and O–H groups in total. The van der Waals surface area contributed by atoms with E-state index in [0.29, 0.717) is 22.3 Å². The number of hydrogen-bond acceptors (Lipinski definition) is 7. The van der Waals surface area contributed by atoms with Gasteiger partial charge in [0.05, 0.1) is 12.0 Å². The van der Waals surface area contributed by atoms with E-state index in [2.05, 4.69) is 4.74 Å². The maximum atomic E-state index is 12.0. The molecule has 0 aliphatic rings. The number of nitrogens with zero attached hydrogens (tertiary/aromatic N) is 1. The summed E-state index contributed by atoms with van der Waals surface area (Å²) in [7, 11) is 1.26. The van der Waals surface area contributed by atoms with Gasteiger partial charge in [0.15, 0.2) is 6.10 Å². The van der Waals surface area contributed by atoms with Gasteiger partial charge in [-0.05, 0) is 24.6 Å². The topological polar surface area (TPSA) is 109 Å². The lowest BCUT2D eigenvalue weighted by molar-refractivity contribution is -0.384. The van der Waals surface area contributed by atoms with Crippen LogP contribution in [-0.2, 0) is 9.53 Å². The van der Waals surface area contributed by atoms with Crippen molar-refractivity contribution in [1.29, 1.82) is 0 Å². The minimum absolute atomic E-state index is 0.0826. The van der Waals surface area contributed by atoms with Crippen LogP contribution in [0.3, 0.4) is 0 Å². The lowest BCUT2D eigenvalue weighted by atomic mass is 10.0. The van der Waals surface area contributed by atoms with Crippen LogP contribution >= 0.6 is 0 Å². The Hall–Kier alpha value is -3.68. The molecule has 0 amide bonds. The molecule has 0 fully saturated rings. The Morgan fingerprint density at radius 2 is 1.96 bits per heavy atom.